The summed E-state index contributed by atoms with van der Waals surface area (Å²) in [5.41, 5.74) is 1.49. The van der Waals surface area contributed by atoms with Gasteiger partial charge >= 0.3 is 6.09 Å². The number of carbonyl (C=O) groups excluding carboxylic acids is 2. The largest absolute Gasteiger partial charge is 0.496 e. The van der Waals surface area contributed by atoms with Crippen molar-refractivity contribution in [3.8, 4) is 5.75 Å². The number of hydrogen-bond donors (Lipinski definition) is 0. The van der Waals surface area contributed by atoms with Crippen molar-refractivity contribution < 1.29 is 19.1 Å². The SMILES string of the molecule is COc1ccccc1C(=O)N1CCN(C(=O)OCc2ccccc2)CC1. The van der Waals surface area contributed by atoms with Crippen molar-refractivity contribution in [1.82, 2.24) is 9.80 Å². The first kappa shape index (κ1) is 17.8. The van der Waals surface area contributed by atoms with E-state index in [-0.39, 0.29) is 18.6 Å². The van der Waals surface area contributed by atoms with Crippen LogP contribution in [0.1, 0.15) is 15.9 Å². The lowest BCUT2D eigenvalue weighted by Crippen LogP contribution is -2.50. The Balaban J connectivity index is 1.52. The Labute approximate surface area is 152 Å². The van der Waals surface area contributed by atoms with E-state index in [2.05, 4.69) is 0 Å². The van der Waals surface area contributed by atoms with E-state index in [1.165, 1.54) is 0 Å². The number of carbonyl (C=O) groups is 2. The first-order chi connectivity index (χ1) is 12.7. The second kappa shape index (κ2) is 8.38. The third-order valence-corrected chi connectivity index (χ3v) is 4.37. The van der Waals surface area contributed by atoms with Crippen LogP contribution in [0.25, 0.3) is 0 Å². The van der Waals surface area contributed by atoms with Crippen LogP contribution in [0.3, 0.4) is 0 Å². The topological polar surface area (TPSA) is 59.1 Å². The van der Waals surface area contributed by atoms with Gasteiger partial charge in [0.15, 0.2) is 0 Å². The average molecular weight is 354 g/mol. The normalized spacial score (nSPS) is 14.0. The molecule has 0 aliphatic carbocycles. The average Bonchev–Trinajstić information content (AvgIpc) is 2.72. The van der Waals surface area contributed by atoms with Crippen molar-refractivity contribution in [2.45, 2.75) is 6.61 Å². The van der Waals surface area contributed by atoms with Crippen molar-refractivity contribution in [1.29, 1.82) is 0 Å². The first-order valence-corrected chi connectivity index (χ1v) is 8.57. The lowest BCUT2D eigenvalue weighted by Gasteiger charge is -2.34. The first-order valence-electron chi connectivity index (χ1n) is 8.57. The molecule has 1 heterocycles. The monoisotopic (exact) mass is 354 g/mol. The zero-order valence-corrected chi connectivity index (χ0v) is 14.8. The van der Waals surface area contributed by atoms with E-state index in [0.717, 1.165) is 5.56 Å². The minimum atomic E-state index is -0.349. The fraction of sp³-hybridized carbons (Fsp3) is 0.300. The van der Waals surface area contributed by atoms with E-state index < -0.39 is 0 Å². The molecule has 6 nitrogen and oxygen atoms in total. The van der Waals surface area contributed by atoms with Crippen molar-refractivity contribution in [3.63, 3.8) is 0 Å². The van der Waals surface area contributed by atoms with Crippen LogP contribution in [0.5, 0.6) is 5.75 Å². The van der Waals surface area contributed by atoms with Crippen LogP contribution in [0.2, 0.25) is 0 Å². The summed E-state index contributed by atoms with van der Waals surface area (Å²) in [5, 5.41) is 0. The highest BCUT2D eigenvalue weighted by atomic mass is 16.6. The quantitative estimate of drug-likeness (QED) is 0.847. The number of amides is 2. The molecular weight excluding hydrogens is 332 g/mol. The summed E-state index contributed by atoms with van der Waals surface area (Å²) in [7, 11) is 1.55. The number of para-hydroxylation sites is 1. The van der Waals surface area contributed by atoms with E-state index in [0.29, 0.717) is 37.5 Å². The summed E-state index contributed by atoms with van der Waals surface area (Å²) in [4.78, 5) is 28.2. The molecule has 136 valence electrons. The van der Waals surface area contributed by atoms with Gasteiger partial charge in [0.05, 0.1) is 12.7 Å². The van der Waals surface area contributed by atoms with Gasteiger partial charge in [0.2, 0.25) is 0 Å². The molecule has 1 aliphatic heterocycles. The van der Waals surface area contributed by atoms with Crippen molar-refractivity contribution in [2.75, 3.05) is 33.3 Å². The summed E-state index contributed by atoms with van der Waals surface area (Å²) in [6.07, 6.45) is -0.349. The van der Waals surface area contributed by atoms with Crippen LogP contribution in [0.15, 0.2) is 54.6 Å². The fourth-order valence-electron chi connectivity index (χ4n) is 2.89. The molecular formula is C20H22N2O4. The maximum absolute atomic E-state index is 12.7. The molecule has 26 heavy (non-hydrogen) atoms. The summed E-state index contributed by atoms with van der Waals surface area (Å²) in [6.45, 7) is 2.09. The molecule has 0 saturated carbocycles. The molecule has 0 atom stereocenters. The highest BCUT2D eigenvalue weighted by Crippen LogP contribution is 2.20. The molecule has 0 radical (unpaired) electrons. The molecule has 2 aromatic rings. The van der Waals surface area contributed by atoms with E-state index >= 15 is 0 Å². The van der Waals surface area contributed by atoms with Crippen LogP contribution in [-0.4, -0.2) is 55.1 Å². The molecule has 0 unspecified atom stereocenters. The third kappa shape index (κ3) is 4.14. The van der Waals surface area contributed by atoms with Crippen LogP contribution < -0.4 is 4.74 Å². The summed E-state index contributed by atoms with van der Waals surface area (Å²) in [6, 6.07) is 16.7. The predicted molar refractivity (Wildman–Crippen MR) is 97.1 cm³/mol. The number of piperazine rings is 1. The Morgan fingerprint density at radius 2 is 1.50 bits per heavy atom. The Morgan fingerprint density at radius 3 is 2.19 bits per heavy atom. The summed E-state index contributed by atoms with van der Waals surface area (Å²) < 4.78 is 10.6. The van der Waals surface area contributed by atoms with Crippen molar-refractivity contribution in [2.24, 2.45) is 0 Å². The van der Waals surface area contributed by atoms with E-state index in [1.54, 1.807) is 29.0 Å². The van der Waals surface area contributed by atoms with Crippen molar-refractivity contribution in [3.05, 3.63) is 65.7 Å². The lowest BCUT2D eigenvalue weighted by atomic mass is 10.1. The maximum atomic E-state index is 12.7. The Kier molecular flexibility index (Phi) is 5.73. The highest BCUT2D eigenvalue weighted by Gasteiger charge is 2.26. The molecule has 1 saturated heterocycles. The number of hydrogen-bond acceptors (Lipinski definition) is 4. The second-order valence-electron chi connectivity index (χ2n) is 6.02. The molecule has 1 fully saturated rings. The zero-order chi connectivity index (χ0) is 18.4. The van der Waals surface area contributed by atoms with Gasteiger partial charge in [0, 0.05) is 26.2 Å². The van der Waals surface area contributed by atoms with Gasteiger partial charge in [-0.3, -0.25) is 4.79 Å². The number of ether oxygens (including phenoxy) is 2. The number of nitrogens with zero attached hydrogens (tertiary/aromatic N) is 2. The van der Waals surface area contributed by atoms with Gasteiger partial charge < -0.3 is 19.3 Å². The van der Waals surface area contributed by atoms with Crippen molar-refractivity contribution >= 4 is 12.0 Å². The molecule has 0 bridgehead atoms. The van der Waals surface area contributed by atoms with Gasteiger partial charge in [-0.05, 0) is 17.7 Å². The zero-order valence-electron chi connectivity index (χ0n) is 14.8. The minimum absolute atomic E-state index is 0.0836. The molecule has 0 spiro atoms. The predicted octanol–water partition coefficient (Wildman–Crippen LogP) is 2.79. The summed E-state index contributed by atoms with van der Waals surface area (Å²) >= 11 is 0. The van der Waals surface area contributed by atoms with Gasteiger partial charge in [-0.2, -0.15) is 0 Å². The Morgan fingerprint density at radius 1 is 0.885 bits per heavy atom. The van der Waals surface area contributed by atoms with Gasteiger partial charge in [-0.25, -0.2) is 4.79 Å². The molecule has 0 N–H and O–H groups in total. The van der Waals surface area contributed by atoms with Gasteiger partial charge in [0.25, 0.3) is 5.91 Å². The molecule has 6 heteroatoms. The standard InChI is InChI=1S/C20H22N2O4/c1-25-18-10-6-5-9-17(18)19(23)21-11-13-22(14-12-21)20(24)26-15-16-7-3-2-4-8-16/h2-10H,11-15H2,1H3. The molecule has 3 rings (SSSR count). The number of methoxy groups -OCH3 is 1. The van der Waals surface area contributed by atoms with Crippen LogP contribution in [0, 0.1) is 0 Å². The van der Waals surface area contributed by atoms with E-state index in [9.17, 15) is 9.59 Å². The third-order valence-electron chi connectivity index (χ3n) is 4.37. The Bertz CT molecular complexity index is 755. The molecule has 2 aromatic carbocycles. The number of rotatable bonds is 4. The Hall–Kier alpha value is -3.02. The minimum Gasteiger partial charge on any atom is -0.496 e. The second-order valence-corrected chi connectivity index (χ2v) is 6.02. The molecule has 0 aromatic heterocycles. The number of benzene rings is 2. The van der Waals surface area contributed by atoms with Crippen LogP contribution >= 0.6 is 0 Å². The smallest absolute Gasteiger partial charge is 0.410 e. The van der Waals surface area contributed by atoms with Gasteiger partial charge in [-0.1, -0.05) is 42.5 Å². The maximum Gasteiger partial charge on any atom is 0.410 e. The van der Waals surface area contributed by atoms with Crippen LogP contribution in [0.4, 0.5) is 4.79 Å². The lowest BCUT2D eigenvalue weighted by molar-refractivity contribution is 0.0541. The van der Waals surface area contributed by atoms with Crippen LogP contribution in [-0.2, 0) is 11.3 Å². The van der Waals surface area contributed by atoms with E-state index in [4.69, 9.17) is 9.47 Å². The van der Waals surface area contributed by atoms with Gasteiger partial charge in [-0.15, -0.1) is 0 Å². The van der Waals surface area contributed by atoms with E-state index in [1.807, 2.05) is 42.5 Å². The molecule has 1 aliphatic rings. The highest BCUT2D eigenvalue weighted by molar-refractivity contribution is 5.97. The molecule has 2 amide bonds. The fourth-order valence-corrected chi connectivity index (χ4v) is 2.89. The summed E-state index contributed by atoms with van der Waals surface area (Å²) in [5.74, 6) is 0.474. The van der Waals surface area contributed by atoms with Gasteiger partial charge in [0.1, 0.15) is 12.4 Å².